The van der Waals surface area contributed by atoms with Crippen molar-refractivity contribution in [1.29, 1.82) is 0 Å². The third kappa shape index (κ3) is 6.03. The van der Waals surface area contributed by atoms with Crippen molar-refractivity contribution in [2.24, 2.45) is 0 Å². The second-order valence-corrected chi connectivity index (χ2v) is 28.5. The van der Waals surface area contributed by atoms with Crippen molar-refractivity contribution < 1.29 is 4.42 Å². The number of fused-ring (bicyclic) bond motifs is 15. The predicted molar refractivity (Wildman–Crippen MR) is 316 cm³/mol. The average Bonchev–Trinajstić information content (AvgIpc) is 3.84. The number of furan rings is 1. The number of rotatable bonds is 2. The molecule has 4 aliphatic carbocycles. The number of benzene rings is 7. The summed E-state index contributed by atoms with van der Waals surface area (Å²) >= 11 is 0. The molecule has 0 bridgehead atoms. The summed E-state index contributed by atoms with van der Waals surface area (Å²) in [5, 5.41) is 2.35. The second-order valence-electron chi connectivity index (χ2n) is 28.5. The molecule has 0 amide bonds. The maximum Gasteiger partial charge on any atom is 0.333 e. The molecule has 4 heteroatoms. The highest BCUT2D eigenvalue weighted by Crippen LogP contribution is 2.60. The van der Waals surface area contributed by atoms with Crippen LogP contribution in [0.4, 0.5) is 28.4 Å². The molecule has 0 saturated carbocycles. The largest absolute Gasteiger partial charge is 0.454 e. The van der Waals surface area contributed by atoms with E-state index < -0.39 is 0 Å². The quantitative estimate of drug-likeness (QED) is 0.161. The van der Waals surface area contributed by atoms with Crippen LogP contribution in [0.3, 0.4) is 0 Å². The first-order valence-electron chi connectivity index (χ1n) is 28.2. The zero-order valence-corrected chi connectivity index (χ0v) is 47.0. The van der Waals surface area contributed by atoms with Crippen LogP contribution < -0.4 is 20.6 Å². The van der Waals surface area contributed by atoms with E-state index in [0.29, 0.717) is 0 Å². The van der Waals surface area contributed by atoms with Crippen molar-refractivity contribution >= 4 is 68.1 Å². The SMILES string of the molecule is Cc1cc2c(cc1N1c3c(ccc4c3-c3ccccc3C4(C)C)B3c4c(cc5c(oc6ccccc65)c41)-c1cc4c(cc1N3c1ccc3c(c1)C(C)(C)CCC3(C)C)C(C)(C)CCC4(C)C)C(C)(C)CCC2(C)C. The number of hydrogen-bond donors (Lipinski definition) is 0. The highest BCUT2D eigenvalue weighted by molar-refractivity contribution is 6.94. The monoisotopic (exact) mass is 971 g/mol. The van der Waals surface area contributed by atoms with Gasteiger partial charge in [-0.3, -0.25) is 0 Å². The Morgan fingerprint density at radius 1 is 0.432 bits per heavy atom. The smallest absolute Gasteiger partial charge is 0.333 e. The van der Waals surface area contributed by atoms with Crippen LogP contribution >= 0.6 is 0 Å². The van der Waals surface area contributed by atoms with Gasteiger partial charge in [0.25, 0.3) is 0 Å². The van der Waals surface area contributed by atoms with E-state index in [-0.39, 0.29) is 44.8 Å². The van der Waals surface area contributed by atoms with E-state index in [0.717, 1.165) is 36.8 Å². The fourth-order valence-corrected chi connectivity index (χ4v) is 15.7. The lowest BCUT2D eigenvalue weighted by molar-refractivity contribution is 0.332. The van der Waals surface area contributed by atoms with Crippen molar-refractivity contribution in [3.63, 3.8) is 0 Å². The van der Waals surface area contributed by atoms with Gasteiger partial charge < -0.3 is 14.1 Å². The Bertz CT molecular complexity index is 3810. The Balaban J connectivity index is 1.20. The van der Waals surface area contributed by atoms with Gasteiger partial charge >= 0.3 is 6.85 Å². The Morgan fingerprint density at radius 2 is 0.973 bits per heavy atom. The molecule has 14 rings (SSSR count). The molecule has 0 fully saturated rings. The van der Waals surface area contributed by atoms with Gasteiger partial charge in [0.15, 0.2) is 5.58 Å². The lowest BCUT2D eigenvalue weighted by Crippen LogP contribution is -2.62. The minimum atomic E-state index is -0.201. The van der Waals surface area contributed by atoms with Gasteiger partial charge in [-0.05, 0) is 193 Å². The van der Waals surface area contributed by atoms with Crippen LogP contribution in [0.2, 0.25) is 0 Å². The molecule has 3 heterocycles. The third-order valence-electron chi connectivity index (χ3n) is 20.8. The maximum atomic E-state index is 7.49. The van der Waals surface area contributed by atoms with Gasteiger partial charge in [0, 0.05) is 44.4 Å². The fourth-order valence-electron chi connectivity index (χ4n) is 15.7. The van der Waals surface area contributed by atoms with E-state index in [2.05, 4.69) is 223 Å². The van der Waals surface area contributed by atoms with Crippen molar-refractivity contribution in [3.05, 3.63) is 159 Å². The van der Waals surface area contributed by atoms with Gasteiger partial charge in [-0.1, -0.05) is 164 Å². The second kappa shape index (κ2) is 14.5. The molecule has 8 aromatic rings. The third-order valence-corrected chi connectivity index (χ3v) is 20.8. The summed E-state index contributed by atoms with van der Waals surface area (Å²) in [6.45, 7) is 36.9. The van der Waals surface area contributed by atoms with Crippen LogP contribution in [-0.2, 0) is 37.9 Å². The molecule has 0 spiro atoms. The maximum absolute atomic E-state index is 7.49. The number of aryl methyl sites for hydroxylation is 1. The van der Waals surface area contributed by atoms with Crippen LogP contribution in [0.5, 0.6) is 0 Å². The minimum absolute atomic E-state index is 0.0106. The van der Waals surface area contributed by atoms with E-state index in [4.69, 9.17) is 4.42 Å². The van der Waals surface area contributed by atoms with Gasteiger partial charge in [-0.2, -0.15) is 0 Å². The molecule has 3 nitrogen and oxygen atoms in total. The first-order chi connectivity index (χ1) is 34.8. The molecule has 0 N–H and O–H groups in total. The van der Waals surface area contributed by atoms with Crippen molar-refractivity contribution in [2.75, 3.05) is 9.71 Å². The Hall–Kier alpha value is -6.00. The van der Waals surface area contributed by atoms with E-state index in [9.17, 15) is 0 Å². The summed E-state index contributed by atoms with van der Waals surface area (Å²) in [6.07, 6.45) is 7.00. The van der Waals surface area contributed by atoms with Gasteiger partial charge in [0.2, 0.25) is 0 Å². The normalized spacial score (nSPS) is 21.0. The van der Waals surface area contributed by atoms with Crippen molar-refractivity contribution in [3.8, 4) is 22.3 Å². The Labute approximate surface area is 441 Å². The Kier molecular flexibility index (Phi) is 9.10. The molecule has 0 saturated heterocycles. The topological polar surface area (TPSA) is 19.6 Å². The number of nitrogens with zero attached hydrogens (tertiary/aromatic N) is 2. The lowest BCUT2D eigenvalue weighted by atomic mass is 9.42. The first kappa shape index (κ1) is 46.5. The molecular formula is C70H75BN2O. The number of hydrogen-bond acceptors (Lipinski definition) is 3. The summed E-state index contributed by atoms with van der Waals surface area (Å²) in [5.41, 5.74) is 29.3. The number of anilines is 5. The Morgan fingerprint density at radius 3 is 1.64 bits per heavy atom. The van der Waals surface area contributed by atoms with Gasteiger partial charge in [-0.15, -0.1) is 0 Å². The molecule has 0 radical (unpaired) electrons. The van der Waals surface area contributed by atoms with Gasteiger partial charge in [0.1, 0.15) is 5.58 Å². The summed E-state index contributed by atoms with van der Waals surface area (Å²) < 4.78 is 7.49. The van der Waals surface area contributed by atoms with E-state index in [1.807, 2.05) is 0 Å². The highest BCUT2D eigenvalue weighted by Gasteiger charge is 2.52. The van der Waals surface area contributed by atoms with Crippen molar-refractivity contribution in [1.82, 2.24) is 0 Å². The van der Waals surface area contributed by atoms with Gasteiger partial charge in [0.05, 0.1) is 11.4 Å². The standard InChI is InChI=1S/C70H75BN2O/c1-40-34-50-53(68(10,11)32-30-65(50,4)5)38-56(40)72-61-55(27-26-49-59(61)43-21-16-18-22-47(43)70(49,14)15)71-60-45(36-46-42-20-17-19-23-58(42)74-63(46)62(60)72)44-37-52-54(69(12,13)33-31-67(52,8)9)39-57(44)73(71)41-24-25-48-51(35-41)66(6,7)29-28-64(48,2)3/h16-27,34-39H,28-33H2,1-15H3. The molecule has 0 unspecified atom stereocenters. The molecule has 0 atom stereocenters. The minimum Gasteiger partial charge on any atom is -0.454 e. The molecule has 2 aliphatic heterocycles. The summed E-state index contributed by atoms with van der Waals surface area (Å²) in [7, 11) is 0. The van der Waals surface area contributed by atoms with E-state index in [1.54, 1.807) is 0 Å². The molecule has 6 aliphatic rings. The van der Waals surface area contributed by atoms with Gasteiger partial charge in [-0.25, -0.2) is 0 Å². The lowest BCUT2D eigenvalue weighted by Gasteiger charge is -2.49. The fraction of sp³-hybridized carbons (Fsp3) is 0.400. The molecule has 1 aromatic heterocycles. The summed E-state index contributed by atoms with van der Waals surface area (Å²) in [6, 6.07) is 44.0. The average molecular weight is 971 g/mol. The molecule has 74 heavy (non-hydrogen) atoms. The molecule has 7 aromatic carbocycles. The molecular weight excluding hydrogens is 896 g/mol. The first-order valence-corrected chi connectivity index (χ1v) is 28.2. The van der Waals surface area contributed by atoms with Crippen LogP contribution in [0.1, 0.15) is 186 Å². The predicted octanol–water partition coefficient (Wildman–Crippen LogP) is 18.0. The van der Waals surface area contributed by atoms with E-state index >= 15 is 0 Å². The van der Waals surface area contributed by atoms with Crippen LogP contribution in [0.25, 0.3) is 44.2 Å². The summed E-state index contributed by atoms with van der Waals surface area (Å²) in [4.78, 5) is 5.58. The van der Waals surface area contributed by atoms with E-state index in [1.165, 1.54) is 135 Å². The number of para-hydroxylation sites is 1. The zero-order valence-electron chi connectivity index (χ0n) is 47.0. The molecule has 374 valence electrons. The van der Waals surface area contributed by atoms with Crippen LogP contribution in [-0.4, -0.2) is 6.85 Å². The van der Waals surface area contributed by atoms with Crippen LogP contribution in [0.15, 0.2) is 114 Å². The van der Waals surface area contributed by atoms with Crippen LogP contribution in [0, 0.1) is 6.92 Å². The van der Waals surface area contributed by atoms with Crippen molar-refractivity contribution in [2.45, 2.75) is 180 Å². The highest BCUT2D eigenvalue weighted by atomic mass is 16.3. The zero-order chi connectivity index (χ0) is 51.8. The summed E-state index contributed by atoms with van der Waals surface area (Å²) in [5.74, 6) is 0.